The Morgan fingerprint density at radius 2 is 1.93 bits per heavy atom. The predicted molar refractivity (Wildman–Crippen MR) is 64.3 cm³/mol. The van der Waals surface area contributed by atoms with E-state index in [4.69, 9.17) is 10.5 Å². The molecular formula is C13H21NO. The van der Waals surface area contributed by atoms with Crippen molar-refractivity contribution in [2.45, 2.75) is 39.7 Å². The van der Waals surface area contributed by atoms with Crippen LogP contribution in [0.2, 0.25) is 0 Å². The molecule has 0 aliphatic heterocycles. The minimum atomic E-state index is -0.186. The lowest BCUT2D eigenvalue weighted by atomic mass is 10.0. The fraction of sp³-hybridized carbons (Fsp3) is 0.538. The van der Waals surface area contributed by atoms with E-state index in [1.807, 2.05) is 6.07 Å². The topological polar surface area (TPSA) is 35.2 Å². The maximum absolute atomic E-state index is 5.95. The summed E-state index contributed by atoms with van der Waals surface area (Å²) in [6, 6.07) is 6.23. The molecule has 15 heavy (non-hydrogen) atoms. The molecular weight excluding hydrogens is 186 g/mol. The molecule has 0 spiro atoms. The predicted octanol–water partition coefficient (Wildman–Crippen LogP) is 2.81. The van der Waals surface area contributed by atoms with Gasteiger partial charge in [0.05, 0.1) is 0 Å². The Morgan fingerprint density at radius 3 is 2.47 bits per heavy atom. The molecule has 0 heterocycles. The highest BCUT2D eigenvalue weighted by atomic mass is 16.5. The first-order valence-corrected chi connectivity index (χ1v) is 5.41. The summed E-state index contributed by atoms with van der Waals surface area (Å²) in [5.41, 5.74) is 7.81. The van der Waals surface area contributed by atoms with E-state index in [1.165, 1.54) is 11.1 Å². The Balaban J connectivity index is 2.80. The summed E-state index contributed by atoms with van der Waals surface area (Å²) < 4.78 is 5.95. The molecule has 1 aromatic carbocycles. The molecule has 0 atom stereocenters. The van der Waals surface area contributed by atoms with E-state index < -0.39 is 0 Å². The van der Waals surface area contributed by atoms with Crippen LogP contribution in [-0.4, -0.2) is 12.1 Å². The summed E-state index contributed by atoms with van der Waals surface area (Å²) in [5.74, 6) is 0.957. The maximum Gasteiger partial charge on any atom is 0.123 e. The highest BCUT2D eigenvalue weighted by molar-refractivity contribution is 5.36. The summed E-state index contributed by atoms with van der Waals surface area (Å²) in [5, 5.41) is 0. The largest absolute Gasteiger partial charge is 0.488 e. The van der Waals surface area contributed by atoms with Gasteiger partial charge in [-0.15, -0.1) is 0 Å². The van der Waals surface area contributed by atoms with Crippen molar-refractivity contribution >= 4 is 0 Å². The van der Waals surface area contributed by atoms with E-state index >= 15 is 0 Å². The lowest BCUT2D eigenvalue weighted by Gasteiger charge is -2.27. The van der Waals surface area contributed by atoms with Gasteiger partial charge in [0, 0.05) is 0 Å². The Hall–Kier alpha value is -1.02. The molecule has 0 amide bonds. The van der Waals surface area contributed by atoms with Gasteiger partial charge in [0.15, 0.2) is 0 Å². The fourth-order valence-electron chi connectivity index (χ4n) is 1.61. The minimum absolute atomic E-state index is 0.186. The number of ether oxygens (including phenoxy) is 1. The molecule has 2 N–H and O–H groups in total. The fourth-order valence-corrected chi connectivity index (χ4v) is 1.61. The SMILES string of the molecule is Cc1ccc(OC(C)(C)CCN)c(C)c1. The molecule has 0 fully saturated rings. The molecule has 0 saturated heterocycles. The van der Waals surface area contributed by atoms with Crippen molar-refractivity contribution in [3.8, 4) is 5.75 Å². The van der Waals surface area contributed by atoms with E-state index in [0.29, 0.717) is 6.54 Å². The van der Waals surface area contributed by atoms with Gasteiger partial charge in [0.25, 0.3) is 0 Å². The minimum Gasteiger partial charge on any atom is -0.488 e. The zero-order valence-corrected chi connectivity index (χ0v) is 10.1. The van der Waals surface area contributed by atoms with Crippen LogP contribution in [0, 0.1) is 13.8 Å². The number of hydrogen-bond donors (Lipinski definition) is 1. The van der Waals surface area contributed by atoms with Crippen LogP contribution in [0.5, 0.6) is 5.75 Å². The molecule has 1 aromatic rings. The van der Waals surface area contributed by atoms with Crippen molar-refractivity contribution in [1.29, 1.82) is 0 Å². The summed E-state index contributed by atoms with van der Waals surface area (Å²) in [7, 11) is 0. The van der Waals surface area contributed by atoms with Crippen molar-refractivity contribution in [2.75, 3.05) is 6.54 Å². The number of hydrogen-bond acceptors (Lipinski definition) is 2. The second kappa shape index (κ2) is 4.67. The molecule has 0 aliphatic carbocycles. The van der Waals surface area contributed by atoms with Crippen molar-refractivity contribution < 1.29 is 4.74 Å². The average Bonchev–Trinajstić information content (AvgIpc) is 2.09. The van der Waals surface area contributed by atoms with E-state index in [0.717, 1.165) is 12.2 Å². The van der Waals surface area contributed by atoms with Crippen LogP contribution in [0.25, 0.3) is 0 Å². The molecule has 0 aromatic heterocycles. The first-order chi connectivity index (χ1) is 6.94. The third-order valence-electron chi connectivity index (χ3n) is 2.46. The summed E-state index contributed by atoms with van der Waals surface area (Å²) in [4.78, 5) is 0. The van der Waals surface area contributed by atoms with E-state index in [2.05, 4.69) is 39.8 Å². The maximum atomic E-state index is 5.95. The van der Waals surface area contributed by atoms with Gasteiger partial charge >= 0.3 is 0 Å². The highest BCUT2D eigenvalue weighted by Crippen LogP contribution is 2.24. The van der Waals surface area contributed by atoms with Crippen LogP contribution in [0.1, 0.15) is 31.4 Å². The van der Waals surface area contributed by atoms with Gasteiger partial charge < -0.3 is 10.5 Å². The molecule has 0 unspecified atom stereocenters. The lowest BCUT2D eigenvalue weighted by Crippen LogP contribution is -2.31. The normalized spacial score (nSPS) is 11.5. The van der Waals surface area contributed by atoms with Crippen molar-refractivity contribution in [2.24, 2.45) is 5.73 Å². The van der Waals surface area contributed by atoms with Gasteiger partial charge in [-0.3, -0.25) is 0 Å². The van der Waals surface area contributed by atoms with Crippen LogP contribution in [0.4, 0.5) is 0 Å². The van der Waals surface area contributed by atoms with Crippen LogP contribution in [0.3, 0.4) is 0 Å². The van der Waals surface area contributed by atoms with Crippen LogP contribution in [0.15, 0.2) is 18.2 Å². The molecule has 2 heteroatoms. The van der Waals surface area contributed by atoms with Crippen molar-refractivity contribution in [3.05, 3.63) is 29.3 Å². The van der Waals surface area contributed by atoms with Gasteiger partial charge in [-0.1, -0.05) is 17.7 Å². The van der Waals surface area contributed by atoms with Crippen molar-refractivity contribution in [1.82, 2.24) is 0 Å². The lowest BCUT2D eigenvalue weighted by molar-refractivity contribution is 0.101. The monoisotopic (exact) mass is 207 g/mol. The molecule has 1 rings (SSSR count). The van der Waals surface area contributed by atoms with Crippen LogP contribution < -0.4 is 10.5 Å². The van der Waals surface area contributed by atoms with Crippen molar-refractivity contribution in [3.63, 3.8) is 0 Å². The van der Waals surface area contributed by atoms with Gasteiger partial charge in [0.2, 0.25) is 0 Å². The average molecular weight is 207 g/mol. The smallest absolute Gasteiger partial charge is 0.123 e. The van der Waals surface area contributed by atoms with Gasteiger partial charge in [-0.2, -0.15) is 0 Å². The number of rotatable bonds is 4. The third kappa shape index (κ3) is 3.56. The first-order valence-electron chi connectivity index (χ1n) is 5.41. The Kier molecular flexibility index (Phi) is 3.75. The van der Waals surface area contributed by atoms with E-state index in [9.17, 15) is 0 Å². The summed E-state index contributed by atoms with van der Waals surface area (Å²) in [6.07, 6.45) is 0.861. The zero-order chi connectivity index (χ0) is 11.5. The number of aryl methyl sites for hydroxylation is 2. The van der Waals surface area contributed by atoms with E-state index in [1.54, 1.807) is 0 Å². The molecule has 0 aliphatic rings. The Morgan fingerprint density at radius 1 is 1.27 bits per heavy atom. The zero-order valence-electron chi connectivity index (χ0n) is 10.1. The number of nitrogens with two attached hydrogens (primary N) is 1. The first kappa shape index (κ1) is 12.1. The Labute approximate surface area is 92.4 Å². The van der Waals surface area contributed by atoms with Crippen LogP contribution in [-0.2, 0) is 0 Å². The summed E-state index contributed by atoms with van der Waals surface area (Å²) >= 11 is 0. The quantitative estimate of drug-likeness (QED) is 0.824. The molecule has 2 nitrogen and oxygen atoms in total. The van der Waals surface area contributed by atoms with Gasteiger partial charge in [-0.25, -0.2) is 0 Å². The second-order valence-corrected chi connectivity index (χ2v) is 4.67. The van der Waals surface area contributed by atoms with Gasteiger partial charge in [0.1, 0.15) is 11.4 Å². The molecule has 0 saturated carbocycles. The van der Waals surface area contributed by atoms with E-state index in [-0.39, 0.29) is 5.60 Å². The third-order valence-corrected chi connectivity index (χ3v) is 2.46. The summed E-state index contributed by atoms with van der Waals surface area (Å²) in [6.45, 7) is 8.94. The second-order valence-electron chi connectivity index (χ2n) is 4.67. The molecule has 84 valence electrons. The number of benzene rings is 1. The molecule has 0 bridgehead atoms. The van der Waals surface area contributed by atoms with Crippen LogP contribution >= 0.6 is 0 Å². The molecule has 0 radical (unpaired) electrons. The Bertz CT molecular complexity index is 331. The highest BCUT2D eigenvalue weighted by Gasteiger charge is 2.19. The van der Waals surface area contributed by atoms with Gasteiger partial charge in [-0.05, 0) is 52.3 Å². The standard InChI is InChI=1S/C13H21NO/c1-10-5-6-12(11(2)9-10)15-13(3,4)7-8-14/h5-6,9H,7-8,14H2,1-4H3.